The molecule has 3 nitrogen and oxygen atoms in total. The summed E-state index contributed by atoms with van der Waals surface area (Å²) < 4.78 is 0.975. The molecule has 1 N–H and O–H groups in total. The zero-order valence-electron chi connectivity index (χ0n) is 9.32. The quantitative estimate of drug-likeness (QED) is 0.915. The monoisotopic (exact) mass is 311 g/mol. The number of nitrogens with zero attached hydrogens (tertiary/aromatic N) is 1. The van der Waals surface area contributed by atoms with Crippen molar-refractivity contribution in [2.24, 2.45) is 0 Å². The van der Waals surface area contributed by atoms with Crippen molar-refractivity contribution in [3.63, 3.8) is 0 Å². The molecule has 0 bridgehead atoms. The minimum Gasteiger partial charge on any atom is -0.477 e. The van der Waals surface area contributed by atoms with E-state index < -0.39 is 5.97 Å². The van der Waals surface area contributed by atoms with Gasteiger partial charge in [-0.2, -0.15) is 0 Å². The number of halogens is 1. The number of benzene rings is 1. The Bertz CT molecular complexity index is 592. The summed E-state index contributed by atoms with van der Waals surface area (Å²) in [5.41, 5.74) is 2.44. The van der Waals surface area contributed by atoms with Gasteiger partial charge in [0, 0.05) is 10.0 Å². The van der Waals surface area contributed by atoms with E-state index in [4.69, 9.17) is 5.11 Å². The normalized spacial score (nSPS) is 10.5. The summed E-state index contributed by atoms with van der Waals surface area (Å²) >= 11 is 4.60. The Kier molecular flexibility index (Phi) is 3.31. The van der Waals surface area contributed by atoms with Gasteiger partial charge in [0.1, 0.15) is 4.88 Å². The Morgan fingerprint density at radius 3 is 2.71 bits per heavy atom. The van der Waals surface area contributed by atoms with E-state index in [1.807, 2.05) is 32.0 Å². The fourth-order valence-electron chi connectivity index (χ4n) is 1.65. The third-order valence-electron chi connectivity index (χ3n) is 2.37. The van der Waals surface area contributed by atoms with Crippen LogP contribution in [0.4, 0.5) is 0 Å². The third kappa shape index (κ3) is 2.40. The van der Waals surface area contributed by atoms with Gasteiger partial charge in [0.15, 0.2) is 0 Å². The van der Waals surface area contributed by atoms with Crippen LogP contribution in [0.3, 0.4) is 0 Å². The molecule has 2 aromatic rings. The predicted octanol–water partition coefficient (Wildman–Crippen LogP) is 3.89. The van der Waals surface area contributed by atoms with Gasteiger partial charge in [0.2, 0.25) is 0 Å². The van der Waals surface area contributed by atoms with Gasteiger partial charge >= 0.3 is 5.97 Å². The zero-order valence-corrected chi connectivity index (χ0v) is 11.7. The van der Waals surface area contributed by atoms with E-state index in [1.54, 1.807) is 0 Å². The maximum absolute atomic E-state index is 11.1. The number of rotatable bonds is 2. The van der Waals surface area contributed by atoms with Crippen molar-refractivity contribution in [2.75, 3.05) is 0 Å². The minimum absolute atomic E-state index is 0.299. The smallest absolute Gasteiger partial charge is 0.348 e. The number of carboxylic acid groups (broad SMARTS) is 1. The molecule has 0 amide bonds. The number of aryl methyl sites for hydroxylation is 2. The summed E-state index contributed by atoms with van der Waals surface area (Å²) in [4.78, 5) is 15.8. The van der Waals surface area contributed by atoms with Crippen molar-refractivity contribution in [2.45, 2.75) is 13.8 Å². The average Bonchev–Trinajstić information content (AvgIpc) is 2.60. The molecule has 0 radical (unpaired) electrons. The van der Waals surface area contributed by atoms with E-state index in [2.05, 4.69) is 20.9 Å². The lowest BCUT2D eigenvalue weighted by Gasteiger charge is -2.04. The number of aromatic carboxylic acids is 1. The lowest BCUT2D eigenvalue weighted by Crippen LogP contribution is -1.96. The van der Waals surface area contributed by atoms with Crippen molar-refractivity contribution in [1.29, 1.82) is 0 Å². The highest BCUT2D eigenvalue weighted by molar-refractivity contribution is 9.10. The van der Waals surface area contributed by atoms with Crippen molar-refractivity contribution >= 4 is 33.2 Å². The maximum Gasteiger partial charge on any atom is 0.348 e. The molecule has 0 spiro atoms. The number of thiazole rings is 1. The van der Waals surface area contributed by atoms with Crippen LogP contribution in [-0.4, -0.2) is 16.1 Å². The number of hydrogen-bond donors (Lipinski definition) is 1. The lowest BCUT2D eigenvalue weighted by atomic mass is 10.1. The van der Waals surface area contributed by atoms with E-state index in [0.29, 0.717) is 10.6 Å². The molecular weight excluding hydrogens is 302 g/mol. The summed E-state index contributed by atoms with van der Waals surface area (Å²) in [5, 5.41) is 9.91. The first-order chi connectivity index (χ1) is 7.99. The summed E-state index contributed by atoms with van der Waals surface area (Å²) in [7, 11) is 0. The molecule has 2 rings (SSSR count). The second kappa shape index (κ2) is 4.58. The van der Waals surface area contributed by atoms with Crippen LogP contribution in [0, 0.1) is 13.8 Å². The molecule has 0 unspecified atom stereocenters. The van der Waals surface area contributed by atoms with Crippen LogP contribution in [0.2, 0.25) is 0 Å². The van der Waals surface area contributed by atoms with Gasteiger partial charge in [-0.15, -0.1) is 11.3 Å². The molecule has 5 heteroatoms. The second-order valence-electron chi connectivity index (χ2n) is 3.68. The van der Waals surface area contributed by atoms with Gasteiger partial charge in [-0.1, -0.05) is 22.0 Å². The number of carbonyl (C=O) groups is 1. The van der Waals surface area contributed by atoms with E-state index in [9.17, 15) is 4.79 Å². The van der Waals surface area contributed by atoms with Crippen molar-refractivity contribution in [1.82, 2.24) is 4.98 Å². The molecule has 0 fully saturated rings. The van der Waals surface area contributed by atoms with Crippen LogP contribution in [0.25, 0.3) is 11.3 Å². The molecule has 0 aliphatic carbocycles. The van der Waals surface area contributed by atoms with E-state index in [-0.39, 0.29) is 0 Å². The SMILES string of the molecule is Cc1nc(-c2ccc(Br)cc2C)c(C(=O)O)s1. The highest BCUT2D eigenvalue weighted by Crippen LogP contribution is 2.31. The topological polar surface area (TPSA) is 50.2 Å². The highest BCUT2D eigenvalue weighted by atomic mass is 79.9. The van der Waals surface area contributed by atoms with Crippen LogP contribution in [0.1, 0.15) is 20.2 Å². The third-order valence-corrected chi connectivity index (χ3v) is 3.82. The van der Waals surface area contributed by atoms with Gasteiger partial charge in [0.05, 0.1) is 10.7 Å². The first kappa shape index (κ1) is 12.3. The first-order valence-electron chi connectivity index (χ1n) is 4.96. The summed E-state index contributed by atoms with van der Waals surface area (Å²) in [6, 6.07) is 5.73. The Balaban J connectivity index is 2.63. The van der Waals surface area contributed by atoms with Gasteiger partial charge in [-0.05, 0) is 31.5 Å². The predicted molar refractivity (Wildman–Crippen MR) is 71.7 cm³/mol. The van der Waals surface area contributed by atoms with Crippen LogP contribution in [-0.2, 0) is 0 Å². The van der Waals surface area contributed by atoms with Gasteiger partial charge < -0.3 is 5.11 Å². The molecule has 17 heavy (non-hydrogen) atoms. The lowest BCUT2D eigenvalue weighted by molar-refractivity contribution is 0.0702. The van der Waals surface area contributed by atoms with Crippen molar-refractivity contribution < 1.29 is 9.90 Å². The van der Waals surface area contributed by atoms with Crippen LogP contribution >= 0.6 is 27.3 Å². The molecule has 0 aliphatic heterocycles. The average molecular weight is 312 g/mol. The largest absolute Gasteiger partial charge is 0.477 e. The van der Waals surface area contributed by atoms with Gasteiger partial charge in [-0.3, -0.25) is 0 Å². The molecule has 88 valence electrons. The zero-order chi connectivity index (χ0) is 12.6. The van der Waals surface area contributed by atoms with Crippen LogP contribution < -0.4 is 0 Å². The second-order valence-corrected chi connectivity index (χ2v) is 5.79. The van der Waals surface area contributed by atoms with E-state index in [1.165, 1.54) is 11.3 Å². The highest BCUT2D eigenvalue weighted by Gasteiger charge is 2.18. The summed E-state index contributed by atoms with van der Waals surface area (Å²) in [6.07, 6.45) is 0. The molecule has 1 aromatic heterocycles. The van der Waals surface area contributed by atoms with E-state index in [0.717, 1.165) is 20.6 Å². The standard InChI is InChI=1S/C12H10BrNO2S/c1-6-5-8(13)3-4-9(6)10-11(12(15)16)17-7(2)14-10/h3-5H,1-2H3,(H,15,16). The number of carboxylic acids is 1. The minimum atomic E-state index is -0.923. The molecule has 0 saturated heterocycles. The Labute approximate surface area is 111 Å². The van der Waals surface area contributed by atoms with Gasteiger partial charge in [-0.25, -0.2) is 9.78 Å². The molecule has 1 heterocycles. The Morgan fingerprint density at radius 1 is 1.41 bits per heavy atom. The molecule has 0 atom stereocenters. The van der Waals surface area contributed by atoms with Gasteiger partial charge in [0.25, 0.3) is 0 Å². The molecular formula is C12H10BrNO2S. The van der Waals surface area contributed by atoms with Crippen LogP contribution in [0.15, 0.2) is 22.7 Å². The Hall–Kier alpha value is -1.20. The van der Waals surface area contributed by atoms with Crippen molar-refractivity contribution in [3.05, 3.63) is 38.1 Å². The molecule has 0 saturated carbocycles. The number of aromatic nitrogens is 1. The first-order valence-corrected chi connectivity index (χ1v) is 6.57. The molecule has 1 aromatic carbocycles. The summed E-state index contributed by atoms with van der Waals surface area (Å²) in [6.45, 7) is 3.76. The fraction of sp³-hybridized carbons (Fsp3) is 0.167. The number of hydrogen-bond acceptors (Lipinski definition) is 3. The molecule has 0 aliphatic rings. The van der Waals surface area contributed by atoms with Crippen molar-refractivity contribution in [3.8, 4) is 11.3 Å². The fourth-order valence-corrected chi connectivity index (χ4v) is 2.89. The maximum atomic E-state index is 11.1. The van der Waals surface area contributed by atoms with E-state index >= 15 is 0 Å². The van der Waals surface area contributed by atoms with Crippen LogP contribution in [0.5, 0.6) is 0 Å². The Morgan fingerprint density at radius 2 is 2.12 bits per heavy atom. The summed E-state index contributed by atoms with van der Waals surface area (Å²) in [5.74, 6) is -0.923.